The van der Waals surface area contributed by atoms with Crippen molar-refractivity contribution in [1.29, 1.82) is 0 Å². The number of piperidine rings is 1. The van der Waals surface area contributed by atoms with Gasteiger partial charge in [-0.3, -0.25) is 0 Å². The smallest absolute Gasteiger partial charge is 0.140 e. The lowest BCUT2D eigenvalue weighted by Crippen LogP contribution is -2.43. The Morgan fingerprint density at radius 3 is 2.76 bits per heavy atom. The second-order valence-corrected chi connectivity index (χ2v) is 7.79. The molecule has 1 saturated heterocycles. The first kappa shape index (κ1) is 14.7. The molecule has 5 heteroatoms. The molecule has 1 N–H and O–H groups in total. The first-order valence-corrected chi connectivity index (χ1v) is 8.59. The number of anilines is 1. The van der Waals surface area contributed by atoms with Crippen molar-refractivity contribution in [2.24, 2.45) is 5.92 Å². The van der Waals surface area contributed by atoms with Gasteiger partial charge in [-0.2, -0.15) is 0 Å². The van der Waals surface area contributed by atoms with Crippen molar-refractivity contribution in [2.45, 2.75) is 39.2 Å². The summed E-state index contributed by atoms with van der Waals surface area (Å²) in [6.45, 7) is 10.0. The lowest BCUT2D eigenvalue weighted by molar-refractivity contribution is 0.328. The van der Waals surface area contributed by atoms with E-state index in [1.807, 2.05) is 0 Å². The number of nitrogens with zero attached hydrogens (tertiary/aromatic N) is 3. The van der Waals surface area contributed by atoms with E-state index in [0.717, 1.165) is 36.2 Å². The Labute approximate surface area is 130 Å². The quantitative estimate of drug-likeness (QED) is 0.944. The summed E-state index contributed by atoms with van der Waals surface area (Å²) >= 11 is 1.69. The van der Waals surface area contributed by atoms with Crippen molar-refractivity contribution in [3.63, 3.8) is 0 Å². The van der Waals surface area contributed by atoms with Crippen LogP contribution >= 0.6 is 11.3 Å². The largest absolute Gasteiger partial charge is 0.356 e. The molecule has 0 saturated carbocycles. The van der Waals surface area contributed by atoms with Crippen LogP contribution in [0.15, 0.2) is 17.8 Å². The molecule has 4 nitrogen and oxygen atoms in total. The average Bonchev–Trinajstić information content (AvgIpc) is 2.93. The van der Waals surface area contributed by atoms with Gasteiger partial charge >= 0.3 is 0 Å². The zero-order valence-corrected chi connectivity index (χ0v) is 13.9. The summed E-state index contributed by atoms with van der Waals surface area (Å²) in [5, 5.41) is 6.93. The fraction of sp³-hybridized carbons (Fsp3) is 0.625. The number of rotatable bonds is 3. The number of hydrogen-bond donors (Lipinski definition) is 1. The molecule has 0 aliphatic carbocycles. The van der Waals surface area contributed by atoms with Gasteiger partial charge in [-0.1, -0.05) is 0 Å². The summed E-state index contributed by atoms with van der Waals surface area (Å²) in [4.78, 5) is 12.4. The second kappa shape index (κ2) is 5.89. The molecule has 3 heterocycles. The second-order valence-electron chi connectivity index (χ2n) is 6.90. The molecule has 1 aliphatic rings. The minimum atomic E-state index is 0.215. The Hall–Kier alpha value is -1.20. The fourth-order valence-corrected chi connectivity index (χ4v) is 3.56. The van der Waals surface area contributed by atoms with Crippen LogP contribution in [0.1, 0.15) is 33.6 Å². The van der Waals surface area contributed by atoms with Gasteiger partial charge in [0.2, 0.25) is 0 Å². The normalized spacial score (nSPS) is 17.6. The van der Waals surface area contributed by atoms with Gasteiger partial charge in [0.15, 0.2) is 0 Å². The van der Waals surface area contributed by atoms with Crippen molar-refractivity contribution in [3.05, 3.63) is 17.8 Å². The van der Waals surface area contributed by atoms with E-state index in [0.29, 0.717) is 0 Å². The van der Waals surface area contributed by atoms with Crippen molar-refractivity contribution >= 4 is 27.4 Å². The molecule has 0 atom stereocenters. The first-order valence-electron chi connectivity index (χ1n) is 7.71. The monoisotopic (exact) mass is 304 g/mol. The SMILES string of the molecule is CC(C)(C)NCC1CCN(c2ncnc3sccc23)CC1. The Balaban J connectivity index is 1.62. The molecule has 2 aromatic rings. The molecule has 0 aromatic carbocycles. The highest BCUT2D eigenvalue weighted by Gasteiger charge is 2.23. The van der Waals surface area contributed by atoms with Crippen molar-refractivity contribution < 1.29 is 0 Å². The van der Waals surface area contributed by atoms with Crippen LogP contribution < -0.4 is 10.2 Å². The average molecular weight is 304 g/mol. The van der Waals surface area contributed by atoms with E-state index in [1.165, 1.54) is 18.2 Å². The van der Waals surface area contributed by atoms with Gasteiger partial charge in [0.05, 0.1) is 5.39 Å². The van der Waals surface area contributed by atoms with Crippen LogP contribution in [-0.4, -0.2) is 35.1 Å². The first-order chi connectivity index (χ1) is 10.0. The molecule has 0 bridgehead atoms. The predicted molar refractivity (Wildman–Crippen MR) is 90.1 cm³/mol. The van der Waals surface area contributed by atoms with E-state index in [4.69, 9.17) is 0 Å². The fourth-order valence-electron chi connectivity index (χ4n) is 2.83. The third kappa shape index (κ3) is 3.52. The highest BCUT2D eigenvalue weighted by Crippen LogP contribution is 2.29. The topological polar surface area (TPSA) is 41.0 Å². The van der Waals surface area contributed by atoms with Gasteiger partial charge < -0.3 is 10.2 Å². The van der Waals surface area contributed by atoms with Crippen LogP contribution in [0.25, 0.3) is 10.2 Å². The molecule has 0 radical (unpaired) electrons. The van der Waals surface area contributed by atoms with Crippen LogP contribution in [0.4, 0.5) is 5.82 Å². The molecular weight excluding hydrogens is 280 g/mol. The van der Waals surface area contributed by atoms with Gasteiger partial charge in [0.25, 0.3) is 0 Å². The molecule has 3 rings (SSSR count). The van der Waals surface area contributed by atoms with E-state index < -0.39 is 0 Å². The van der Waals surface area contributed by atoms with Crippen LogP contribution in [0.3, 0.4) is 0 Å². The molecule has 0 amide bonds. The van der Waals surface area contributed by atoms with Gasteiger partial charge in [0.1, 0.15) is 17.0 Å². The van der Waals surface area contributed by atoms with Crippen molar-refractivity contribution in [2.75, 3.05) is 24.5 Å². The summed E-state index contributed by atoms with van der Waals surface area (Å²) < 4.78 is 0. The molecule has 0 unspecified atom stereocenters. The molecule has 2 aromatic heterocycles. The molecule has 1 fully saturated rings. The lowest BCUT2D eigenvalue weighted by Gasteiger charge is -2.34. The van der Waals surface area contributed by atoms with Crippen LogP contribution in [0, 0.1) is 5.92 Å². The van der Waals surface area contributed by atoms with E-state index in [1.54, 1.807) is 17.7 Å². The molecule has 21 heavy (non-hydrogen) atoms. The summed E-state index contributed by atoms with van der Waals surface area (Å²) in [6.07, 6.45) is 4.17. The molecule has 1 aliphatic heterocycles. The minimum absolute atomic E-state index is 0.215. The number of thiophene rings is 1. The third-order valence-electron chi connectivity index (χ3n) is 4.08. The van der Waals surface area contributed by atoms with E-state index in [9.17, 15) is 0 Å². The lowest BCUT2D eigenvalue weighted by atomic mass is 9.95. The van der Waals surface area contributed by atoms with Crippen LogP contribution in [0.5, 0.6) is 0 Å². The summed E-state index contributed by atoms with van der Waals surface area (Å²) in [5.41, 5.74) is 0.215. The predicted octanol–water partition coefficient (Wildman–Crippen LogP) is 3.30. The third-order valence-corrected chi connectivity index (χ3v) is 4.90. The summed E-state index contributed by atoms with van der Waals surface area (Å²) in [5.74, 6) is 1.89. The Morgan fingerprint density at radius 2 is 2.05 bits per heavy atom. The summed E-state index contributed by atoms with van der Waals surface area (Å²) in [6, 6.07) is 2.14. The van der Waals surface area contributed by atoms with Crippen LogP contribution in [-0.2, 0) is 0 Å². The van der Waals surface area contributed by atoms with Gasteiger partial charge in [-0.05, 0) is 57.5 Å². The zero-order chi connectivity index (χ0) is 14.9. The van der Waals surface area contributed by atoms with Crippen molar-refractivity contribution in [1.82, 2.24) is 15.3 Å². The van der Waals surface area contributed by atoms with E-state index >= 15 is 0 Å². The zero-order valence-electron chi connectivity index (χ0n) is 13.1. The van der Waals surface area contributed by atoms with Crippen LogP contribution in [0.2, 0.25) is 0 Å². The minimum Gasteiger partial charge on any atom is -0.356 e. The van der Waals surface area contributed by atoms with E-state index in [2.05, 4.69) is 52.4 Å². The van der Waals surface area contributed by atoms with Crippen molar-refractivity contribution in [3.8, 4) is 0 Å². The van der Waals surface area contributed by atoms with Gasteiger partial charge in [-0.25, -0.2) is 9.97 Å². The standard InChI is InChI=1S/C16H24N4S/c1-16(2,3)19-10-12-4-7-20(8-5-12)14-13-6-9-21-15(13)18-11-17-14/h6,9,11-12,19H,4-5,7-8,10H2,1-3H3. The Kier molecular flexibility index (Phi) is 4.13. The number of fused-ring (bicyclic) bond motifs is 1. The maximum atomic E-state index is 4.52. The molecule has 114 valence electrons. The molecular formula is C16H24N4S. The van der Waals surface area contributed by atoms with Gasteiger partial charge in [0, 0.05) is 18.6 Å². The highest BCUT2D eigenvalue weighted by atomic mass is 32.1. The number of aromatic nitrogens is 2. The maximum absolute atomic E-state index is 4.52. The Bertz CT molecular complexity index is 594. The van der Waals surface area contributed by atoms with Gasteiger partial charge in [-0.15, -0.1) is 11.3 Å². The number of nitrogens with one attached hydrogen (secondary N) is 1. The Morgan fingerprint density at radius 1 is 1.29 bits per heavy atom. The highest BCUT2D eigenvalue weighted by molar-refractivity contribution is 7.16. The van der Waals surface area contributed by atoms with E-state index in [-0.39, 0.29) is 5.54 Å². The summed E-state index contributed by atoms with van der Waals surface area (Å²) in [7, 11) is 0. The maximum Gasteiger partial charge on any atom is 0.140 e. The number of hydrogen-bond acceptors (Lipinski definition) is 5. The molecule has 0 spiro atoms.